The molecule has 1 atom stereocenters. The fourth-order valence-corrected chi connectivity index (χ4v) is 3.37. The second-order valence-corrected chi connectivity index (χ2v) is 7.27. The first-order chi connectivity index (χ1) is 15.2. The average Bonchev–Trinajstić information content (AvgIpc) is 3.48. The van der Waals surface area contributed by atoms with E-state index in [1.807, 2.05) is 30.3 Å². The van der Waals surface area contributed by atoms with E-state index in [2.05, 4.69) is 15.5 Å². The molecule has 0 saturated heterocycles. The molecule has 8 heteroatoms. The molecule has 5 rings (SSSR count). The highest BCUT2D eigenvalue weighted by atomic mass is 35.5. The van der Waals surface area contributed by atoms with E-state index >= 15 is 0 Å². The van der Waals surface area contributed by atoms with Gasteiger partial charge >= 0.3 is 0 Å². The molecule has 154 valence electrons. The molecule has 3 aromatic carbocycles. The first kappa shape index (κ1) is 19.1. The van der Waals surface area contributed by atoms with Crippen LogP contribution in [0.2, 0.25) is 5.02 Å². The van der Waals surface area contributed by atoms with Gasteiger partial charge in [0.25, 0.3) is 5.91 Å². The van der Waals surface area contributed by atoms with Crippen molar-refractivity contribution in [3.05, 3.63) is 94.8 Å². The topological polar surface area (TPSA) is 86.5 Å². The molecular weight excluding hydrogens is 418 g/mol. The first-order valence-corrected chi connectivity index (χ1v) is 9.90. The van der Waals surface area contributed by atoms with Crippen molar-refractivity contribution in [3.63, 3.8) is 0 Å². The van der Waals surface area contributed by atoms with Crippen molar-refractivity contribution in [3.8, 4) is 23.0 Å². The maximum Gasteiger partial charge on any atom is 0.252 e. The van der Waals surface area contributed by atoms with Gasteiger partial charge in [-0.05, 0) is 48.0 Å². The lowest BCUT2D eigenvalue weighted by atomic mass is 10.1. The lowest BCUT2D eigenvalue weighted by Crippen LogP contribution is -2.29. The molecular formula is C23H16ClN3O4. The lowest BCUT2D eigenvalue weighted by molar-refractivity contribution is 0.0937. The molecule has 1 N–H and O–H groups in total. The Labute approximate surface area is 182 Å². The predicted octanol–water partition coefficient (Wildman–Crippen LogP) is 4.64. The molecule has 0 saturated carbocycles. The highest BCUT2D eigenvalue weighted by Gasteiger charge is 2.25. The third-order valence-corrected chi connectivity index (χ3v) is 5.07. The predicted molar refractivity (Wildman–Crippen MR) is 113 cm³/mol. The van der Waals surface area contributed by atoms with Crippen molar-refractivity contribution in [2.45, 2.75) is 6.04 Å². The van der Waals surface area contributed by atoms with Crippen LogP contribution in [-0.2, 0) is 0 Å². The van der Waals surface area contributed by atoms with Gasteiger partial charge in [-0.1, -0.05) is 41.9 Å². The standard InChI is InChI=1S/C23H16ClN3O4/c24-17-9-6-15(7-10-17)22-26-27-23(31-22)20(14-4-2-1-3-5-14)25-21(28)16-8-11-18-19(12-16)30-13-29-18/h1-12,20H,13H2,(H,25,28)/t20-/m0/s1. The van der Waals surface area contributed by atoms with E-state index < -0.39 is 6.04 Å². The van der Waals surface area contributed by atoms with Gasteiger partial charge < -0.3 is 19.2 Å². The van der Waals surface area contributed by atoms with E-state index in [0.29, 0.717) is 28.0 Å². The van der Waals surface area contributed by atoms with Crippen LogP contribution in [-0.4, -0.2) is 22.9 Å². The zero-order chi connectivity index (χ0) is 21.2. The van der Waals surface area contributed by atoms with Gasteiger partial charge in [0.1, 0.15) is 6.04 Å². The summed E-state index contributed by atoms with van der Waals surface area (Å²) in [5, 5.41) is 11.9. The van der Waals surface area contributed by atoms with Gasteiger partial charge in [0.15, 0.2) is 11.5 Å². The Morgan fingerprint density at radius 2 is 1.71 bits per heavy atom. The Kier molecular flexibility index (Phi) is 5.01. The van der Waals surface area contributed by atoms with E-state index in [4.69, 9.17) is 25.5 Å². The number of amides is 1. The van der Waals surface area contributed by atoms with Crippen LogP contribution in [0.4, 0.5) is 0 Å². The zero-order valence-electron chi connectivity index (χ0n) is 16.1. The molecule has 1 aliphatic heterocycles. The largest absolute Gasteiger partial charge is 0.454 e. The number of rotatable bonds is 5. The summed E-state index contributed by atoms with van der Waals surface area (Å²) in [7, 11) is 0. The maximum atomic E-state index is 13.0. The number of hydrogen-bond acceptors (Lipinski definition) is 6. The minimum Gasteiger partial charge on any atom is -0.454 e. The molecule has 1 aliphatic rings. The van der Waals surface area contributed by atoms with Crippen LogP contribution < -0.4 is 14.8 Å². The average molecular weight is 434 g/mol. The second-order valence-electron chi connectivity index (χ2n) is 6.84. The minimum atomic E-state index is -0.632. The van der Waals surface area contributed by atoms with Crippen LogP contribution in [0.25, 0.3) is 11.5 Å². The monoisotopic (exact) mass is 433 g/mol. The van der Waals surface area contributed by atoms with Crippen LogP contribution in [0.1, 0.15) is 27.9 Å². The first-order valence-electron chi connectivity index (χ1n) is 9.52. The fraction of sp³-hybridized carbons (Fsp3) is 0.0870. The van der Waals surface area contributed by atoms with E-state index in [9.17, 15) is 4.79 Å². The maximum absolute atomic E-state index is 13.0. The Morgan fingerprint density at radius 1 is 0.935 bits per heavy atom. The summed E-state index contributed by atoms with van der Waals surface area (Å²) in [5.74, 6) is 1.45. The van der Waals surface area contributed by atoms with Crippen molar-refractivity contribution in [2.24, 2.45) is 0 Å². The molecule has 0 unspecified atom stereocenters. The van der Waals surface area contributed by atoms with Crippen LogP contribution in [0.3, 0.4) is 0 Å². The highest BCUT2D eigenvalue weighted by molar-refractivity contribution is 6.30. The Morgan fingerprint density at radius 3 is 2.52 bits per heavy atom. The van der Waals surface area contributed by atoms with Gasteiger partial charge in [-0.25, -0.2) is 0 Å². The van der Waals surface area contributed by atoms with Gasteiger partial charge in [-0.3, -0.25) is 4.79 Å². The minimum absolute atomic E-state index is 0.141. The number of carbonyl (C=O) groups excluding carboxylic acids is 1. The van der Waals surface area contributed by atoms with Gasteiger partial charge in [0.05, 0.1) is 0 Å². The van der Waals surface area contributed by atoms with Crippen molar-refractivity contribution in [1.29, 1.82) is 0 Å². The normalized spacial score (nSPS) is 13.1. The highest BCUT2D eigenvalue weighted by Crippen LogP contribution is 2.33. The lowest BCUT2D eigenvalue weighted by Gasteiger charge is -2.16. The molecule has 0 radical (unpaired) electrons. The summed E-state index contributed by atoms with van der Waals surface area (Å²) < 4.78 is 16.6. The number of halogens is 1. The number of nitrogens with one attached hydrogen (secondary N) is 1. The van der Waals surface area contributed by atoms with Crippen LogP contribution in [0, 0.1) is 0 Å². The molecule has 0 aliphatic carbocycles. The number of hydrogen-bond donors (Lipinski definition) is 1. The molecule has 31 heavy (non-hydrogen) atoms. The zero-order valence-corrected chi connectivity index (χ0v) is 16.9. The van der Waals surface area contributed by atoms with E-state index in [0.717, 1.165) is 11.1 Å². The van der Waals surface area contributed by atoms with Crippen molar-refractivity contribution >= 4 is 17.5 Å². The summed E-state index contributed by atoms with van der Waals surface area (Å²) >= 11 is 5.95. The Balaban J connectivity index is 1.45. The van der Waals surface area contributed by atoms with Gasteiger partial charge in [0, 0.05) is 16.1 Å². The van der Waals surface area contributed by atoms with Crippen LogP contribution in [0.5, 0.6) is 11.5 Å². The van der Waals surface area contributed by atoms with Crippen molar-refractivity contribution in [1.82, 2.24) is 15.5 Å². The molecule has 1 amide bonds. The van der Waals surface area contributed by atoms with Crippen molar-refractivity contribution in [2.75, 3.05) is 6.79 Å². The second kappa shape index (κ2) is 8.12. The molecule has 0 spiro atoms. The number of ether oxygens (including phenoxy) is 2. The third kappa shape index (κ3) is 3.95. The van der Waals surface area contributed by atoms with E-state index in [1.54, 1.807) is 42.5 Å². The van der Waals surface area contributed by atoms with Crippen molar-refractivity contribution < 1.29 is 18.7 Å². The number of fused-ring (bicyclic) bond motifs is 1. The number of nitrogens with zero attached hydrogens (tertiary/aromatic N) is 2. The number of aromatic nitrogens is 2. The number of benzene rings is 3. The fourth-order valence-electron chi connectivity index (χ4n) is 3.25. The summed E-state index contributed by atoms with van der Waals surface area (Å²) in [5.41, 5.74) is 1.97. The van der Waals surface area contributed by atoms with Gasteiger partial charge in [-0.2, -0.15) is 0 Å². The molecule has 0 fully saturated rings. The SMILES string of the molecule is O=C(N[C@@H](c1ccccc1)c1nnc(-c2ccc(Cl)cc2)o1)c1ccc2c(c1)OCO2. The number of carbonyl (C=O) groups is 1. The Bertz CT molecular complexity index is 1230. The summed E-state index contributed by atoms with van der Waals surface area (Å²) in [6.45, 7) is 0.141. The van der Waals surface area contributed by atoms with Gasteiger partial charge in [-0.15, -0.1) is 10.2 Å². The molecule has 7 nitrogen and oxygen atoms in total. The third-order valence-electron chi connectivity index (χ3n) is 4.82. The molecule has 4 aromatic rings. The van der Waals surface area contributed by atoms with Crippen LogP contribution >= 0.6 is 11.6 Å². The van der Waals surface area contributed by atoms with E-state index in [1.165, 1.54) is 0 Å². The summed E-state index contributed by atoms with van der Waals surface area (Å²) in [4.78, 5) is 13.0. The molecule has 0 bridgehead atoms. The molecule has 2 heterocycles. The Hall–Kier alpha value is -3.84. The summed E-state index contributed by atoms with van der Waals surface area (Å²) in [6.07, 6.45) is 0. The van der Waals surface area contributed by atoms with Crippen LogP contribution in [0.15, 0.2) is 77.2 Å². The van der Waals surface area contributed by atoms with E-state index in [-0.39, 0.29) is 18.6 Å². The summed E-state index contributed by atoms with van der Waals surface area (Å²) in [6, 6.07) is 20.9. The smallest absolute Gasteiger partial charge is 0.252 e. The molecule has 1 aromatic heterocycles. The quantitative estimate of drug-likeness (QED) is 0.493. The van der Waals surface area contributed by atoms with Gasteiger partial charge in [0.2, 0.25) is 18.6 Å².